The van der Waals surface area contributed by atoms with Gasteiger partial charge in [-0.05, 0) is 123 Å². The van der Waals surface area contributed by atoms with Crippen LogP contribution in [0.5, 0.6) is 0 Å². The van der Waals surface area contributed by atoms with Crippen LogP contribution >= 0.6 is 15.9 Å². The van der Waals surface area contributed by atoms with Gasteiger partial charge in [0.15, 0.2) is 16.6 Å². The zero-order chi connectivity index (χ0) is 28.0. The largest absolute Gasteiger partial charge is 0.411 e. The van der Waals surface area contributed by atoms with E-state index in [2.05, 4.69) is 116 Å². The van der Waals surface area contributed by atoms with E-state index in [4.69, 9.17) is 8.85 Å². The molecule has 0 saturated heterocycles. The Morgan fingerprint density at radius 3 is 2.00 bits per heavy atom. The summed E-state index contributed by atoms with van der Waals surface area (Å²) in [5.74, 6) is 2.29. The maximum Gasteiger partial charge on any atom is 0.192 e. The van der Waals surface area contributed by atoms with E-state index >= 15 is 0 Å². The van der Waals surface area contributed by atoms with Crippen LogP contribution in [0, 0.1) is 23.2 Å². The van der Waals surface area contributed by atoms with Crippen LogP contribution in [0.2, 0.25) is 36.3 Å². The summed E-state index contributed by atoms with van der Waals surface area (Å²) >= 11 is 3.70. The van der Waals surface area contributed by atoms with Crippen molar-refractivity contribution in [2.45, 2.75) is 162 Å². The van der Waals surface area contributed by atoms with Crippen LogP contribution in [0.4, 0.5) is 0 Å². The quantitative estimate of drug-likeness (QED) is 0.245. The fraction of sp³-hybridized carbons (Fsp3) is 0.935. The van der Waals surface area contributed by atoms with E-state index in [9.17, 15) is 0 Å². The maximum absolute atomic E-state index is 7.23. The SMILES string of the molecule is C[C@@H](CC[C@@H](O[Si](C)(C)C(C)(C)C)C(C)(C)O[Si](C)(C)C(C)(C)C)[C@H]1CC[C@H]2/C(=C/Br)CCC[C@]12C. The lowest BCUT2D eigenvalue weighted by atomic mass is 9.61. The highest BCUT2D eigenvalue weighted by molar-refractivity contribution is 9.11. The van der Waals surface area contributed by atoms with E-state index in [1.165, 1.54) is 38.5 Å². The van der Waals surface area contributed by atoms with Crippen LogP contribution in [0.25, 0.3) is 0 Å². The predicted octanol–water partition coefficient (Wildman–Crippen LogP) is 11.1. The summed E-state index contributed by atoms with van der Waals surface area (Å²) in [7, 11) is -3.87. The van der Waals surface area contributed by atoms with Crippen molar-refractivity contribution in [1.82, 2.24) is 0 Å². The first-order chi connectivity index (χ1) is 16.1. The molecule has 0 N–H and O–H groups in total. The third-order valence-electron chi connectivity index (χ3n) is 11.1. The second kappa shape index (κ2) is 11.2. The monoisotopic (exact) mass is 600 g/mol. The molecule has 0 heterocycles. The lowest BCUT2D eigenvalue weighted by Crippen LogP contribution is -2.56. The molecule has 5 atom stereocenters. The Morgan fingerprint density at radius 2 is 1.50 bits per heavy atom. The molecule has 2 aliphatic rings. The van der Waals surface area contributed by atoms with Gasteiger partial charge in [0.1, 0.15) is 0 Å². The summed E-state index contributed by atoms with van der Waals surface area (Å²) in [6, 6.07) is 0. The summed E-state index contributed by atoms with van der Waals surface area (Å²) in [5.41, 5.74) is 1.83. The minimum absolute atomic E-state index is 0.129. The molecule has 36 heavy (non-hydrogen) atoms. The third-order valence-corrected chi connectivity index (χ3v) is 20.8. The molecule has 0 unspecified atom stereocenters. The molecule has 0 aromatic heterocycles. The van der Waals surface area contributed by atoms with Gasteiger partial charge in [0.25, 0.3) is 0 Å². The highest BCUT2D eigenvalue weighted by Crippen LogP contribution is 2.60. The molecule has 5 heteroatoms. The third kappa shape index (κ3) is 7.01. The molecule has 212 valence electrons. The number of hydrogen-bond acceptors (Lipinski definition) is 2. The lowest BCUT2D eigenvalue weighted by Gasteiger charge is -2.49. The van der Waals surface area contributed by atoms with E-state index in [1.54, 1.807) is 5.57 Å². The summed E-state index contributed by atoms with van der Waals surface area (Å²) in [5, 5.41) is 0.380. The second-order valence-corrected chi connectivity index (χ2v) is 26.1. The van der Waals surface area contributed by atoms with Crippen LogP contribution in [0.15, 0.2) is 10.6 Å². The normalized spacial score (nSPS) is 29.4. The summed E-state index contributed by atoms with van der Waals surface area (Å²) < 4.78 is 14.4. The van der Waals surface area contributed by atoms with Gasteiger partial charge in [-0.15, -0.1) is 0 Å². The Bertz CT molecular complexity index is 774. The van der Waals surface area contributed by atoms with Crippen LogP contribution < -0.4 is 0 Å². The Hall–Kier alpha value is 0.574. The van der Waals surface area contributed by atoms with Crippen LogP contribution in [-0.4, -0.2) is 28.3 Å². The first-order valence-electron chi connectivity index (χ1n) is 14.8. The van der Waals surface area contributed by atoms with Gasteiger partial charge in [-0.25, -0.2) is 0 Å². The van der Waals surface area contributed by atoms with Crippen molar-refractivity contribution in [2.24, 2.45) is 23.2 Å². The van der Waals surface area contributed by atoms with E-state index in [0.717, 1.165) is 18.3 Å². The van der Waals surface area contributed by atoms with Gasteiger partial charge in [0, 0.05) is 0 Å². The van der Waals surface area contributed by atoms with Gasteiger partial charge in [0.05, 0.1) is 11.7 Å². The molecule has 2 aliphatic carbocycles. The fourth-order valence-corrected chi connectivity index (χ4v) is 10.5. The molecule has 0 bridgehead atoms. The van der Waals surface area contributed by atoms with Crippen LogP contribution in [0.3, 0.4) is 0 Å². The summed E-state index contributed by atoms with van der Waals surface area (Å²) in [6.45, 7) is 33.5. The standard InChI is InChI=1S/C31H61BrO2Si2/c1-23(25-18-19-26-24(22-32)16-15-21-31(25,26)10)17-20-27(33-35(11,12)28(2,3)4)30(8,9)34-36(13,14)29(5,6)7/h22-23,25-27H,15-21H2,1-14H3/b24-22+/t23-,25+,26-,27+,31+/m0/s1. The molecule has 0 aromatic rings. The van der Waals surface area contributed by atoms with E-state index in [1.807, 2.05) is 0 Å². The van der Waals surface area contributed by atoms with Crippen LogP contribution in [0.1, 0.15) is 114 Å². The molecule has 0 aliphatic heterocycles. The number of fused-ring (bicyclic) bond motifs is 1. The highest BCUT2D eigenvalue weighted by atomic mass is 79.9. The van der Waals surface area contributed by atoms with Gasteiger partial charge < -0.3 is 8.85 Å². The van der Waals surface area contributed by atoms with Gasteiger partial charge in [-0.2, -0.15) is 0 Å². The van der Waals surface area contributed by atoms with Crippen molar-refractivity contribution in [1.29, 1.82) is 0 Å². The van der Waals surface area contributed by atoms with Gasteiger partial charge in [-0.3, -0.25) is 0 Å². The fourth-order valence-electron chi connectivity index (χ4n) is 6.72. The Labute approximate surface area is 236 Å². The Kier molecular flexibility index (Phi) is 10.2. The average molecular weight is 602 g/mol. The maximum atomic E-state index is 7.23. The number of rotatable bonds is 9. The minimum atomic E-state index is -1.94. The van der Waals surface area contributed by atoms with E-state index in [-0.39, 0.29) is 21.8 Å². The van der Waals surface area contributed by atoms with Crippen molar-refractivity contribution in [2.75, 3.05) is 0 Å². The molecule has 2 rings (SSSR count). The van der Waals surface area contributed by atoms with Gasteiger partial charge in [0.2, 0.25) is 0 Å². The first-order valence-corrected chi connectivity index (χ1v) is 21.5. The Balaban J connectivity index is 2.26. The molecular formula is C31H61BrO2Si2. The van der Waals surface area contributed by atoms with Crippen molar-refractivity contribution in [3.8, 4) is 0 Å². The lowest BCUT2D eigenvalue weighted by molar-refractivity contribution is -0.0386. The summed E-state index contributed by atoms with van der Waals surface area (Å²) in [4.78, 5) is 2.26. The number of allylic oxidation sites excluding steroid dienone is 1. The second-order valence-electron chi connectivity index (χ2n) is 16.2. The van der Waals surface area contributed by atoms with E-state index in [0.29, 0.717) is 11.3 Å². The van der Waals surface area contributed by atoms with Gasteiger partial charge >= 0.3 is 0 Å². The Morgan fingerprint density at radius 1 is 0.944 bits per heavy atom. The molecule has 2 fully saturated rings. The molecular weight excluding hydrogens is 540 g/mol. The van der Waals surface area contributed by atoms with E-state index < -0.39 is 16.6 Å². The van der Waals surface area contributed by atoms with Crippen molar-refractivity contribution in [3.63, 3.8) is 0 Å². The van der Waals surface area contributed by atoms with Crippen molar-refractivity contribution < 1.29 is 8.85 Å². The molecule has 0 spiro atoms. The zero-order valence-corrected chi connectivity index (χ0v) is 30.1. The number of hydrogen-bond donors (Lipinski definition) is 0. The minimum Gasteiger partial charge on any atom is -0.411 e. The molecule has 0 aromatic carbocycles. The molecule has 2 nitrogen and oxygen atoms in total. The first kappa shape index (κ1) is 32.8. The molecule has 2 saturated carbocycles. The van der Waals surface area contributed by atoms with Crippen LogP contribution in [-0.2, 0) is 8.85 Å². The average Bonchev–Trinajstić information content (AvgIpc) is 3.05. The zero-order valence-electron chi connectivity index (χ0n) is 26.5. The van der Waals surface area contributed by atoms with Gasteiger partial charge in [-0.1, -0.05) is 76.9 Å². The smallest absolute Gasteiger partial charge is 0.192 e. The number of halogens is 1. The van der Waals surface area contributed by atoms with Crippen molar-refractivity contribution >= 4 is 32.6 Å². The van der Waals surface area contributed by atoms with Crippen molar-refractivity contribution in [3.05, 3.63) is 10.6 Å². The highest BCUT2D eigenvalue weighted by Gasteiger charge is 2.51. The summed E-state index contributed by atoms with van der Waals surface area (Å²) in [6.07, 6.45) is 9.21. The topological polar surface area (TPSA) is 18.5 Å². The predicted molar refractivity (Wildman–Crippen MR) is 168 cm³/mol. The molecule has 0 amide bonds. The molecule has 0 radical (unpaired) electrons.